The molecule has 11 nitrogen and oxygen atoms in total. The number of carbonyl (C=O) groups excluding carboxylic acids is 4. The fourth-order valence-electron chi connectivity index (χ4n) is 5.42. The summed E-state index contributed by atoms with van der Waals surface area (Å²) in [4.78, 5) is 55.7. The maximum absolute atomic E-state index is 14.1. The SMILES string of the molecule is COC/C=C\C1=C(C(=O)OC(c2ccccc2)c2ccccc2)N2C(=O)[C@@H](NC(=O)C(NC(=O)OC(C)(C)C)c3ccc(O)cc3)[C@@H]2SC1. The molecule has 12 heteroatoms. The topological polar surface area (TPSA) is 144 Å². The summed E-state index contributed by atoms with van der Waals surface area (Å²) in [6, 6.07) is 22.2. The number of rotatable bonds is 11. The molecule has 2 aliphatic heterocycles. The third-order valence-corrected chi connectivity index (χ3v) is 8.95. The van der Waals surface area contributed by atoms with Gasteiger partial charge in [-0.05, 0) is 55.2 Å². The van der Waals surface area contributed by atoms with Gasteiger partial charge in [0.15, 0.2) is 6.10 Å². The lowest BCUT2D eigenvalue weighted by molar-refractivity contribution is -0.154. The van der Waals surface area contributed by atoms with Crippen LogP contribution < -0.4 is 10.6 Å². The first kappa shape index (κ1) is 35.2. The molecule has 1 fully saturated rings. The van der Waals surface area contributed by atoms with Crippen LogP contribution in [0.1, 0.15) is 49.6 Å². The molecule has 3 amide bonds. The highest BCUT2D eigenvalue weighted by molar-refractivity contribution is 8.00. The van der Waals surface area contributed by atoms with Crippen molar-refractivity contribution in [3.05, 3.63) is 125 Å². The van der Waals surface area contributed by atoms with Gasteiger partial charge in [0, 0.05) is 12.9 Å². The van der Waals surface area contributed by atoms with E-state index in [9.17, 15) is 24.3 Å². The molecule has 0 bridgehead atoms. The zero-order valence-corrected chi connectivity index (χ0v) is 28.4. The van der Waals surface area contributed by atoms with Gasteiger partial charge in [0.1, 0.15) is 34.5 Å². The smallest absolute Gasteiger partial charge is 0.408 e. The Morgan fingerprint density at radius 3 is 2.14 bits per heavy atom. The van der Waals surface area contributed by atoms with Gasteiger partial charge in [-0.2, -0.15) is 0 Å². The summed E-state index contributed by atoms with van der Waals surface area (Å²) in [5.41, 5.74) is 1.73. The molecular weight excluding hydrogens is 646 g/mol. The number of aromatic hydroxyl groups is 1. The summed E-state index contributed by atoms with van der Waals surface area (Å²) in [6.07, 6.45) is 1.93. The summed E-state index contributed by atoms with van der Waals surface area (Å²) in [6.45, 7) is 5.38. The predicted molar refractivity (Wildman–Crippen MR) is 184 cm³/mol. The Morgan fingerprint density at radius 1 is 0.959 bits per heavy atom. The van der Waals surface area contributed by atoms with Crippen molar-refractivity contribution < 1.29 is 38.5 Å². The van der Waals surface area contributed by atoms with Gasteiger partial charge in [-0.25, -0.2) is 9.59 Å². The molecule has 0 aliphatic carbocycles. The summed E-state index contributed by atoms with van der Waals surface area (Å²) < 4.78 is 16.7. The van der Waals surface area contributed by atoms with Crippen molar-refractivity contribution in [2.75, 3.05) is 19.5 Å². The van der Waals surface area contributed by atoms with Crippen molar-refractivity contribution >= 4 is 35.6 Å². The standard InChI is InChI=1S/C37H39N3O8S/c1-37(2,3)48-36(45)39-28(23-17-19-27(41)20-18-23)32(42)38-29-33(43)40-30(26(16-11-21-46-4)22-49-34(29)40)35(44)47-31(24-12-7-5-8-13-24)25-14-9-6-10-15-25/h5-20,28-29,31,34,41H,21-22H2,1-4H3,(H,38,42)(H,39,45)/b16-11-/t28?,29-,34+/m1/s1. The number of phenolic OH excluding ortho intramolecular Hbond substituents is 1. The molecule has 49 heavy (non-hydrogen) atoms. The number of amides is 3. The fourth-order valence-corrected chi connectivity index (χ4v) is 6.74. The summed E-state index contributed by atoms with van der Waals surface area (Å²) in [5, 5.41) is 14.5. The van der Waals surface area contributed by atoms with Gasteiger partial charge in [-0.1, -0.05) is 84.9 Å². The molecule has 0 spiro atoms. The number of ether oxygens (including phenoxy) is 3. The molecule has 3 aromatic rings. The van der Waals surface area contributed by atoms with Crippen molar-refractivity contribution in [2.24, 2.45) is 0 Å². The lowest BCUT2D eigenvalue weighted by atomic mass is 9.99. The number of benzene rings is 3. The van der Waals surface area contributed by atoms with E-state index in [0.29, 0.717) is 23.5 Å². The Balaban J connectivity index is 1.40. The number of esters is 1. The molecule has 0 aromatic heterocycles. The van der Waals surface area contributed by atoms with Crippen LogP contribution in [0.25, 0.3) is 0 Å². The Labute approximate surface area is 289 Å². The number of hydrogen-bond acceptors (Lipinski definition) is 9. The third kappa shape index (κ3) is 8.51. The number of hydrogen-bond donors (Lipinski definition) is 3. The van der Waals surface area contributed by atoms with Gasteiger partial charge >= 0.3 is 12.1 Å². The van der Waals surface area contributed by atoms with E-state index in [1.807, 2.05) is 60.7 Å². The van der Waals surface area contributed by atoms with E-state index in [2.05, 4.69) is 10.6 Å². The molecule has 0 saturated carbocycles. The summed E-state index contributed by atoms with van der Waals surface area (Å²) >= 11 is 1.38. The van der Waals surface area contributed by atoms with Crippen LogP contribution in [-0.2, 0) is 28.6 Å². The Hall–Kier alpha value is -5.07. The van der Waals surface area contributed by atoms with E-state index in [0.717, 1.165) is 11.1 Å². The van der Waals surface area contributed by atoms with Crippen LogP contribution in [0.2, 0.25) is 0 Å². The Morgan fingerprint density at radius 2 is 1.57 bits per heavy atom. The lowest BCUT2D eigenvalue weighted by Crippen LogP contribution is -2.71. The molecule has 3 N–H and O–H groups in total. The highest BCUT2D eigenvalue weighted by Crippen LogP contribution is 2.42. The number of allylic oxidation sites excluding steroid dienone is 1. The number of fused-ring (bicyclic) bond motifs is 1. The largest absolute Gasteiger partial charge is 0.508 e. The quantitative estimate of drug-likeness (QED) is 0.185. The number of alkyl carbamates (subject to hydrolysis) is 1. The Bertz CT molecular complexity index is 1680. The second-order valence-electron chi connectivity index (χ2n) is 12.4. The Kier molecular flexibility index (Phi) is 11.1. The molecular formula is C37H39N3O8S. The second kappa shape index (κ2) is 15.4. The average molecular weight is 686 g/mol. The molecule has 5 rings (SSSR count). The molecule has 3 atom stereocenters. The zero-order valence-electron chi connectivity index (χ0n) is 27.6. The van der Waals surface area contributed by atoms with E-state index >= 15 is 0 Å². The lowest BCUT2D eigenvalue weighted by Gasteiger charge is -2.49. The molecule has 256 valence electrons. The first-order valence-electron chi connectivity index (χ1n) is 15.7. The monoisotopic (exact) mass is 685 g/mol. The van der Waals surface area contributed by atoms with Crippen molar-refractivity contribution in [1.29, 1.82) is 0 Å². The first-order chi connectivity index (χ1) is 23.5. The average Bonchev–Trinajstić information content (AvgIpc) is 3.08. The van der Waals surface area contributed by atoms with Crippen LogP contribution in [0.3, 0.4) is 0 Å². The number of nitrogens with one attached hydrogen (secondary N) is 2. The molecule has 0 radical (unpaired) electrons. The van der Waals surface area contributed by atoms with Gasteiger partial charge in [0.2, 0.25) is 5.91 Å². The van der Waals surface area contributed by atoms with Gasteiger partial charge in [-0.3, -0.25) is 14.5 Å². The van der Waals surface area contributed by atoms with Crippen LogP contribution in [0, 0.1) is 0 Å². The van der Waals surface area contributed by atoms with E-state index in [1.165, 1.54) is 40.9 Å². The number of methoxy groups -OCH3 is 1. The third-order valence-electron chi connectivity index (χ3n) is 7.65. The van der Waals surface area contributed by atoms with Crippen molar-refractivity contribution in [1.82, 2.24) is 15.5 Å². The minimum atomic E-state index is -1.24. The summed E-state index contributed by atoms with van der Waals surface area (Å²) in [5.74, 6) is -1.53. The van der Waals surface area contributed by atoms with Gasteiger partial charge in [0.25, 0.3) is 5.91 Å². The van der Waals surface area contributed by atoms with E-state index in [4.69, 9.17) is 14.2 Å². The second-order valence-corrected chi connectivity index (χ2v) is 13.5. The molecule has 1 unspecified atom stereocenters. The van der Waals surface area contributed by atoms with E-state index in [1.54, 1.807) is 40.0 Å². The maximum Gasteiger partial charge on any atom is 0.408 e. The number of nitrogens with zero attached hydrogens (tertiary/aromatic N) is 1. The van der Waals surface area contributed by atoms with Crippen molar-refractivity contribution in [3.8, 4) is 5.75 Å². The van der Waals surface area contributed by atoms with E-state index in [-0.39, 0.29) is 11.4 Å². The summed E-state index contributed by atoms with van der Waals surface area (Å²) in [7, 11) is 1.55. The predicted octanol–water partition coefficient (Wildman–Crippen LogP) is 5.15. The van der Waals surface area contributed by atoms with Gasteiger partial charge in [0.05, 0.1) is 6.61 Å². The number of carbonyl (C=O) groups is 4. The fraction of sp³-hybridized carbons (Fsp3) is 0.297. The minimum Gasteiger partial charge on any atom is -0.508 e. The van der Waals surface area contributed by atoms with Crippen molar-refractivity contribution in [2.45, 2.75) is 49.9 Å². The van der Waals surface area contributed by atoms with Gasteiger partial charge < -0.3 is 30.0 Å². The highest BCUT2D eigenvalue weighted by Gasteiger charge is 2.55. The van der Waals surface area contributed by atoms with E-state index < -0.39 is 53.0 Å². The van der Waals surface area contributed by atoms with Crippen LogP contribution in [-0.4, -0.2) is 70.4 Å². The van der Waals surface area contributed by atoms with Gasteiger partial charge in [-0.15, -0.1) is 11.8 Å². The van der Waals surface area contributed by atoms with Crippen LogP contribution in [0.5, 0.6) is 5.75 Å². The number of phenols is 1. The highest BCUT2D eigenvalue weighted by atomic mass is 32.2. The maximum atomic E-state index is 14.1. The molecule has 1 saturated heterocycles. The molecule has 2 aliphatic rings. The first-order valence-corrected chi connectivity index (χ1v) is 16.7. The van der Waals surface area contributed by atoms with Crippen LogP contribution in [0.4, 0.5) is 4.79 Å². The minimum absolute atomic E-state index is 0.0214. The zero-order chi connectivity index (χ0) is 35.1. The van der Waals surface area contributed by atoms with Crippen molar-refractivity contribution in [3.63, 3.8) is 0 Å². The number of β-lactam (4-membered cyclic amide) rings is 1. The normalized spacial score (nSPS) is 18.1. The molecule has 3 aromatic carbocycles. The van der Waals surface area contributed by atoms with Crippen LogP contribution in [0.15, 0.2) is 108 Å². The van der Waals surface area contributed by atoms with Crippen LogP contribution >= 0.6 is 11.8 Å². The molecule has 2 heterocycles. The number of thioether (sulfide) groups is 1.